The van der Waals surface area contributed by atoms with E-state index in [2.05, 4.69) is 27.3 Å². The van der Waals surface area contributed by atoms with Crippen molar-refractivity contribution in [2.45, 2.75) is 19.7 Å². The molecule has 10 heteroatoms. The molecule has 1 fully saturated rings. The van der Waals surface area contributed by atoms with Gasteiger partial charge in [-0.2, -0.15) is 0 Å². The Morgan fingerprint density at radius 2 is 2.11 bits per heavy atom. The predicted molar refractivity (Wildman–Crippen MR) is 150 cm³/mol. The van der Waals surface area contributed by atoms with Gasteiger partial charge in [-0.05, 0) is 44.0 Å². The summed E-state index contributed by atoms with van der Waals surface area (Å²) in [7, 11) is 0. The Kier molecular flexibility index (Phi) is 9.09. The zero-order chi connectivity index (χ0) is 27.1. The Bertz CT molecular complexity index is 1390. The number of piperazine rings is 1. The Hall–Kier alpha value is -3.76. The molecule has 0 bridgehead atoms. The van der Waals surface area contributed by atoms with E-state index in [0.29, 0.717) is 22.2 Å². The van der Waals surface area contributed by atoms with Crippen LogP contribution in [0.15, 0.2) is 81.6 Å². The first-order chi connectivity index (χ1) is 18.3. The maximum absolute atomic E-state index is 12.2. The number of carbonyl (C=O) groups excluding carboxylic acids is 1. The van der Waals surface area contributed by atoms with E-state index >= 15 is 0 Å². The topological polar surface area (TPSA) is 129 Å². The Labute approximate surface area is 226 Å². The molecule has 0 radical (unpaired) electrons. The molecule has 38 heavy (non-hydrogen) atoms. The maximum Gasteiger partial charge on any atom is 0.244 e. The summed E-state index contributed by atoms with van der Waals surface area (Å²) in [6.45, 7) is 8.67. The van der Waals surface area contributed by atoms with Crippen LogP contribution < -0.4 is 16.4 Å². The second-order valence-corrected chi connectivity index (χ2v) is 9.34. The van der Waals surface area contributed by atoms with Crippen molar-refractivity contribution in [3.63, 3.8) is 0 Å². The van der Waals surface area contributed by atoms with Crippen LogP contribution in [0.2, 0.25) is 5.02 Å². The van der Waals surface area contributed by atoms with Crippen LogP contribution >= 0.6 is 11.6 Å². The smallest absolute Gasteiger partial charge is 0.244 e. The van der Waals surface area contributed by atoms with Crippen molar-refractivity contribution in [2.24, 2.45) is 10.7 Å². The van der Waals surface area contributed by atoms with E-state index in [0.717, 1.165) is 54.0 Å². The maximum atomic E-state index is 12.2. The number of furan rings is 1. The van der Waals surface area contributed by atoms with Gasteiger partial charge in [0.15, 0.2) is 5.58 Å². The average Bonchev–Trinajstić information content (AvgIpc) is 3.37. The van der Waals surface area contributed by atoms with E-state index in [1.165, 1.54) is 6.08 Å². The number of rotatable bonds is 9. The number of amides is 1. The molecule has 4 rings (SSSR count). The predicted octanol–water partition coefficient (Wildman–Crippen LogP) is 3.66. The molecule has 1 saturated heterocycles. The summed E-state index contributed by atoms with van der Waals surface area (Å²) in [5.41, 5.74) is 9.24. The molecule has 1 aliphatic rings. The summed E-state index contributed by atoms with van der Waals surface area (Å²) in [6, 6.07) is 9.34. The summed E-state index contributed by atoms with van der Waals surface area (Å²) in [4.78, 5) is 22.4. The van der Waals surface area contributed by atoms with Crippen molar-refractivity contribution in [3.05, 3.63) is 88.6 Å². The van der Waals surface area contributed by atoms with Crippen LogP contribution in [0.4, 0.5) is 0 Å². The standard InChI is InChI=1S/C28H31ClN6O3/c1-18(3-7-25(30)31-2)4-8-26(36)34-17-22-14-21-13-20(15-23(29)27(21)38-22)24-6-5-19(16-33-24)28(37)35-11-9-32-10-12-35/h3-8,13-16,28,32,37H,2,9-12,17,30H2,1H3,(H,34,36)/b8-4+,18-3+,25-7-. The van der Waals surface area contributed by atoms with E-state index < -0.39 is 6.23 Å². The number of benzene rings is 1. The van der Waals surface area contributed by atoms with Crippen LogP contribution in [0.5, 0.6) is 0 Å². The number of aliphatic hydroxyl groups excluding tert-OH is 1. The largest absolute Gasteiger partial charge is 0.458 e. The highest BCUT2D eigenvalue weighted by Gasteiger charge is 2.20. The highest BCUT2D eigenvalue weighted by Crippen LogP contribution is 2.32. The summed E-state index contributed by atoms with van der Waals surface area (Å²) in [5, 5.41) is 18.0. The first kappa shape index (κ1) is 27.3. The number of nitrogens with two attached hydrogens (primary N) is 1. The number of fused-ring (bicyclic) bond motifs is 1. The zero-order valence-electron chi connectivity index (χ0n) is 21.2. The lowest BCUT2D eigenvalue weighted by Gasteiger charge is -2.31. The minimum atomic E-state index is -0.684. The molecule has 1 unspecified atom stereocenters. The number of allylic oxidation sites excluding steroid dienone is 4. The first-order valence-electron chi connectivity index (χ1n) is 12.2. The number of hydrogen-bond acceptors (Lipinski definition) is 8. The minimum Gasteiger partial charge on any atom is -0.458 e. The molecule has 3 aromatic rings. The lowest BCUT2D eigenvalue weighted by atomic mass is 10.1. The van der Waals surface area contributed by atoms with Gasteiger partial charge in [-0.1, -0.05) is 35.4 Å². The zero-order valence-corrected chi connectivity index (χ0v) is 21.9. The summed E-state index contributed by atoms with van der Waals surface area (Å²) < 4.78 is 5.88. The van der Waals surface area contributed by atoms with Crippen LogP contribution in [0, 0.1) is 0 Å². The van der Waals surface area contributed by atoms with E-state index in [-0.39, 0.29) is 12.5 Å². The van der Waals surface area contributed by atoms with Crippen LogP contribution in [-0.4, -0.2) is 53.8 Å². The highest BCUT2D eigenvalue weighted by atomic mass is 35.5. The molecular formula is C28H31ClN6O3. The molecule has 1 aliphatic heterocycles. The van der Waals surface area contributed by atoms with Crippen LogP contribution in [-0.2, 0) is 11.3 Å². The van der Waals surface area contributed by atoms with Crippen molar-refractivity contribution in [1.82, 2.24) is 20.5 Å². The minimum absolute atomic E-state index is 0.205. The van der Waals surface area contributed by atoms with Crippen molar-refractivity contribution < 1.29 is 14.3 Å². The molecule has 3 heterocycles. The van der Waals surface area contributed by atoms with Gasteiger partial charge in [-0.3, -0.25) is 14.7 Å². The molecule has 198 valence electrons. The van der Waals surface area contributed by atoms with Crippen LogP contribution in [0.25, 0.3) is 22.2 Å². The van der Waals surface area contributed by atoms with Gasteiger partial charge in [0.1, 0.15) is 17.8 Å². The van der Waals surface area contributed by atoms with Gasteiger partial charge in [0.05, 0.1) is 17.3 Å². The van der Waals surface area contributed by atoms with Crippen molar-refractivity contribution in [1.29, 1.82) is 0 Å². The van der Waals surface area contributed by atoms with E-state index in [1.54, 1.807) is 30.5 Å². The number of nitrogens with zero attached hydrogens (tertiary/aromatic N) is 3. The fourth-order valence-corrected chi connectivity index (χ4v) is 4.30. The quantitative estimate of drug-likeness (QED) is 0.187. The molecule has 0 spiro atoms. The highest BCUT2D eigenvalue weighted by molar-refractivity contribution is 6.35. The molecule has 1 amide bonds. The van der Waals surface area contributed by atoms with Gasteiger partial charge >= 0.3 is 0 Å². The SMILES string of the molecule is C=N\C(N)=C/C=C(C)/C=C/C(=O)NCc1cc2cc(-c3ccc(C(O)N4CCNCC4)cn3)cc(Cl)c2o1. The van der Waals surface area contributed by atoms with Gasteiger partial charge in [0.2, 0.25) is 5.91 Å². The molecule has 0 aliphatic carbocycles. The van der Waals surface area contributed by atoms with Crippen molar-refractivity contribution >= 4 is 35.2 Å². The number of hydrogen-bond donors (Lipinski definition) is 4. The van der Waals surface area contributed by atoms with E-state index in [4.69, 9.17) is 21.8 Å². The van der Waals surface area contributed by atoms with Gasteiger partial charge < -0.3 is 25.9 Å². The third kappa shape index (κ3) is 6.96. The molecule has 1 aromatic carbocycles. The Balaban J connectivity index is 1.41. The number of halogens is 1. The van der Waals surface area contributed by atoms with Gasteiger partial charge in [0, 0.05) is 55.0 Å². The number of pyridine rings is 1. The number of aliphatic hydroxyl groups is 1. The average molecular weight is 535 g/mol. The van der Waals surface area contributed by atoms with Crippen LogP contribution in [0.1, 0.15) is 24.5 Å². The summed E-state index contributed by atoms with van der Waals surface area (Å²) in [5.74, 6) is 0.602. The Morgan fingerprint density at radius 1 is 1.32 bits per heavy atom. The Morgan fingerprint density at radius 3 is 2.82 bits per heavy atom. The lowest BCUT2D eigenvalue weighted by Crippen LogP contribution is -2.45. The van der Waals surface area contributed by atoms with E-state index in [9.17, 15) is 9.90 Å². The second kappa shape index (κ2) is 12.7. The number of aliphatic imine (C=N–C) groups is 1. The summed E-state index contributed by atoms with van der Waals surface area (Å²) >= 11 is 6.52. The molecule has 2 aromatic heterocycles. The molecule has 1 atom stereocenters. The second-order valence-electron chi connectivity index (χ2n) is 8.94. The lowest BCUT2D eigenvalue weighted by molar-refractivity contribution is -0.116. The third-order valence-electron chi connectivity index (χ3n) is 6.13. The fourth-order valence-electron chi connectivity index (χ4n) is 4.03. The molecular weight excluding hydrogens is 504 g/mol. The summed E-state index contributed by atoms with van der Waals surface area (Å²) in [6.07, 6.45) is 7.46. The van der Waals surface area contributed by atoms with E-state index in [1.807, 2.05) is 36.1 Å². The fraction of sp³-hybridized carbons (Fsp3) is 0.250. The normalized spacial score (nSPS) is 16.2. The number of carbonyl (C=O) groups is 1. The molecule has 5 N–H and O–H groups in total. The van der Waals surface area contributed by atoms with Gasteiger partial charge in [0.25, 0.3) is 0 Å². The van der Waals surface area contributed by atoms with Gasteiger partial charge in [-0.25, -0.2) is 4.99 Å². The first-order valence-corrected chi connectivity index (χ1v) is 12.6. The monoisotopic (exact) mass is 534 g/mol. The number of nitrogens with one attached hydrogen (secondary N) is 2. The third-order valence-corrected chi connectivity index (χ3v) is 6.41. The van der Waals surface area contributed by atoms with Crippen molar-refractivity contribution in [3.8, 4) is 11.3 Å². The van der Waals surface area contributed by atoms with Gasteiger partial charge in [-0.15, -0.1) is 0 Å². The number of aromatic nitrogens is 1. The van der Waals surface area contributed by atoms with Crippen LogP contribution in [0.3, 0.4) is 0 Å². The molecule has 0 saturated carbocycles. The molecule has 9 nitrogen and oxygen atoms in total. The van der Waals surface area contributed by atoms with Crippen molar-refractivity contribution in [2.75, 3.05) is 26.2 Å².